The molecule has 1 aliphatic carbocycles. The van der Waals surface area contributed by atoms with E-state index < -0.39 is 22.8 Å². The van der Waals surface area contributed by atoms with Gasteiger partial charge in [-0.25, -0.2) is 9.18 Å². The molecule has 1 saturated heterocycles. The average molecular weight is 356 g/mol. The smallest absolute Gasteiger partial charge is 0.341 e. The van der Waals surface area contributed by atoms with Gasteiger partial charge in [0, 0.05) is 38.4 Å². The molecule has 0 spiro atoms. The maximum atomic E-state index is 14.9. The molecule has 8 heteroatoms. The number of carboxylic acids is 1. The van der Waals surface area contributed by atoms with Crippen molar-refractivity contribution in [1.82, 2.24) is 9.88 Å². The zero-order chi connectivity index (χ0) is 18.4. The van der Waals surface area contributed by atoms with Crippen molar-refractivity contribution < 1.29 is 14.3 Å². The van der Waals surface area contributed by atoms with Gasteiger partial charge in [0.1, 0.15) is 23.0 Å². The van der Waals surface area contributed by atoms with Gasteiger partial charge in [-0.3, -0.25) is 4.79 Å². The van der Waals surface area contributed by atoms with E-state index in [0.717, 1.165) is 18.9 Å². The molecular formula is C18H17FN4O3. The standard InChI is InChI=1S/C18H17FN4O3/c19-14-7-11-15(12(8-20)16(14)22-5-3-21-4-6-22)23(10-1-2-10)9-13(17(11)24)18(25)26/h7,9-10,21H,1-6H2,(H,25,26). The zero-order valence-electron chi connectivity index (χ0n) is 14.0. The highest BCUT2D eigenvalue weighted by atomic mass is 19.1. The third-order valence-electron chi connectivity index (χ3n) is 4.96. The van der Waals surface area contributed by atoms with Crippen LogP contribution in [0.1, 0.15) is 34.8 Å². The second-order valence-corrected chi connectivity index (χ2v) is 6.64. The number of benzene rings is 1. The fraction of sp³-hybridized carbons (Fsp3) is 0.389. The topological polar surface area (TPSA) is 98.4 Å². The largest absolute Gasteiger partial charge is 0.477 e. The molecule has 2 N–H and O–H groups in total. The lowest BCUT2D eigenvalue weighted by molar-refractivity contribution is 0.0695. The molecule has 2 aromatic rings. The van der Waals surface area contributed by atoms with Crippen molar-refractivity contribution in [3.05, 3.63) is 39.4 Å². The number of halogens is 1. The molecule has 1 aromatic heterocycles. The highest BCUT2D eigenvalue weighted by Gasteiger charge is 2.30. The number of fused-ring (bicyclic) bond motifs is 1. The number of piperazine rings is 1. The Labute approximate surface area is 148 Å². The predicted molar refractivity (Wildman–Crippen MR) is 93.2 cm³/mol. The number of hydrogen-bond donors (Lipinski definition) is 2. The summed E-state index contributed by atoms with van der Waals surface area (Å²) in [4.78, 5) is 25.8. The number of carboxylic acid groups (broad SMARTS) is 1. The molecule has 7 nitrogen and oxygen atoms in total. The van der Waals surface area contributed by atoms with Crippen LogP contribution >= 0.6 is 0 Å². The second kappa shape index (κ2) is 6.11. The van der Waals surface area contributed by atoms with Gasteiger partial charge in [0.05, 0.1) is 16.6 Å². The first-order chi connectivity index (χ1) is 12.5. The van der Waals surface area contributed by atoms with E-state index in [1.165, 1.54) is 6.20 Å². The molecule has 2 aliphatic rings. The summed E-state index contributed by atoms with van der Waals surface area (Å²) in [6, 6.07) is 3.18. The lowest BCUT2D eigenvalue weighted by Gasteiger charge is -2.31. The first-order valence-electron chi connectivity index (χ1n) is 8.53. The number of hydrogen-bond acceptors (Lipinski definition) is 5. The minimum absolute atomic E-state index is 0.0321. The Morgan fingerprint density at radius 2 is 2.04 bits per heavy atom. The van der Waals surface area contributed by atoms with Crippen LogP contribution in [0.4, 0.5) is 10.1 Å². The number of pyridine rings is 1. The van der Waals surface area contributed by atoms with Crippen LogP contribution in [-0.2, 0) is 0 Å². The fourth-order valence-electron chi connectivity index (χ4n) is 3.57. The van der Waals surface area contributed by atoms with Crippen molar-refractivity contribution in [3.63, 3.8) is 0 Å². The van der Waals surface area contributed by atoms with Gasteiger partial charge in [0.25, 0.3) is 0 Å². The monoisotopic (exact) mass is 356 g/mol. The van der Waals surface area contributed by atoms with Crippen molar-refractivity contribution in [1.29, 1.82) is 5.26 Å². The highest BCUT2D eigenvalue weighted by molar-refractivity contribution is 5.96. The van der Waals surface area contributed by atoms with E-state index in [-0.39, 0.29) is 22.7 Å². The molecule has 1 aliphatic heterocycles. The lowest BCUT2D eigenvalue weighted by Crippen LogP contribution is -2.44. The van der Waals surface area contributed by atoms with E-state index in [0.29, 0.717) is 31.7 Å². The molecule has 0 unspecified atom stereocenters. The van der Waals surface area contributed by atoms with Gasteiger partial charge in [0.2, 0.25) is 5.43 Å². The highest BCUT2D eigenvalue weighted by Crippen LogP contribution is 2.40. The normalized spacial score (nSPS) is 17.3. The number of nitrogens with zero attached hydrogens (tertiary/aromatic N) is 3. The van der Waals surface area contributed by atoms with Gasteiger partial charge in [-0.15, -0.1) is 0 Å². The van der Waals surface area contributed by atoms with Crippen LogP contribution in [0.15, 0.2) is 17.1 Å². The van der Waals surface area contributed by atoms with Gasteiger partial charge >= 0.3 is 5.97 Å². The van der Waals surface area contributed by atoms with Crippen LogP contribution in [0, 0.1) is 17.1 Å². The van der Waals surface area contributed by atoms with Crippen LogP contribution in [0.3, 0.4) is 0 Å². The van der Waals surface area contributed by atoms with Crippen LogP contribution in [0.25, 0.3) is 10.9 Å². The first kappa shape index (κ1) is 16.5. The molecule has 2 fully saturated rings. The third kappa shape index (κ3) is 2.52. The van der Waals surface area contributed by atoms with Crippen molar-refractivity contribution in [3.8, 4) is 6.07 Å². The van der Waals surface area contributed by atoms with Gasteiger partial charge < -0.3 is 19.9 Å². The lowest BCUT2D eigenvalue weighted by atomic mass is 10.0. The summed E-state index contributed by atoms with van der Waals surface area (Å²) in [7, 11) is 0. The van der Waals surface area contributed by atoms with Crippen molar-refractivity contribution >= 4 is 22.6 Å². The average Bonchev–Trinajstić information content (AvgIpc) is 3.47. The summed E-state index contributed by atoms with van der Waals surface area (Å²) in [5.74, 6) is -2.02. The van der Waals surface area contributed by atoms with E-state index in [9.17, 15) is 24.3 Å². The van der Waals surface area contributed by atoms with Gasteiger partial charge in [-0.05, 0) is 18.9 Å². The summed E-state index contributed by atoms with van der Waals surface area (Å²) in [6.45, 7) is 2.46. The van der Waals surface area contributed by atoms with Crippen molar-refractivity contribution in [2.24, 2.45) is 0 Å². The molecule has 0 bridgehead atoms. The predicted octanol–water partition coefficient (Wildman–Crippen LogP) is 1.45. The minimum Gasteiger partial charge on any atom is -0.477 e. The Balaban J connectivity index is 2.08. The number of nitriles is 1. The molecule has 0 amide bonds. The van der Waals surface area contributed by atoms with Crippen LogP contribution in [-0.4, -0.2) is 41.8 Å². The van der Waals surface area contributed by atoms with Gasteiger partial charge in [-0.2, -0.15) is 5.26 Å². The Morgan fingerprint density at radius 3 is 2.62 bits per heavy atom. The molecule has 4 rings (SSSR count). The zero-order valence-corrected chi connectivity index (χ0v) is 14.0. The molecule has 134 valence electrons. The summed E-state index contributed by atoms with van der Waals surface area (Å²) in [5.41, 5.74) is -0.532. The van der Waals surface area contributed by atoms with E-state index in [2.05, 4.69) is 11.4 Å². The second-order valence-electron chi connectivity index (χ2n) is 6.64. The number of carbonyl (C=O) groups is 1. The Morgan fingerprint density at radius 1 is 1.35 bits per heavy atom. The summed E-state index contributed by atoms with van der Waals surface area (Å²) >= 11 is 0. The van der Waals surface area contributed by atoms with Gasteiger partial charge in [0.15, 0.2) is 0 Å². The van der Waals surface area contributed by atoms with Crippen LogP contribution in [0.2, 0.25) is 0 Å². The third-order valence-corrected chi connectivity index (χ3v) is 4.96. The number of anilines is 1. The molecule has 26 heavy (non-hydrogen) atoms. The van der Waals surface area contributed by atoms with Gasteiger partial charge in [-0.1, -0.05) is 0 Å². The Bertz CT molecular complexity index is 1010. The first-order valence-corrected chi connectivity index (χ1v) is 8.53. The van der Waals surface area contributed by atoms with Crippen LogP contribution < -0.4 is 15.6 Å². The maximum Gasteiger partial charge on any atom is 0.341 e. The summed E-state index contributed by atoms with van der Waals surface area (Å²) in [5, 5.41) is 22.2. The number of aromatic nitrogens is 1. The summed E-state index contributed by atoms with van der Waals surface area (Å²) in [6.07, 6.45) is 2.97. The fourth-order valence-corrected chi connectivity index (χ4v) is 3.57. The molecule has 0 radical (unpaired) electrons. The van der Waals surface area contributed by atoms with Crippen LogP contribution in [0.5, 0.6) is 0 Å². The number of aromatic carboxylic acids is 1. The SMILES string of the molecule is N#Cc1c(N2CCNCC2)c(F)cc2c(=O)c(C(=O)O)cn(C3CC3)c12. The van der Waals surface area contributed by atoms with E-state index in [4.69, 9.17) is 0 Å². The number of rotatable bonds is 3. The molecular weight excluding hydrogens is 339 g/mol. The molecule has 1 saturated carbocycles. The number of nitrogens with one attached hydrogen (secondary N) is 1. The molecule has 0 atom stereocenters. The Hall–Kier alpha value is -2.92. The van der Waals surface area contributed by atoms with Crippen molar-refractivity contribution in [2.45, 2.75) is 18.9 Å². The molecule has 2 heterocycles. The van der Waals surface area contributed by atoms with E-state index >= 15 is 0 Å². The minimum atomic E-state index is -1.35. The Kier molecular flexibility index (Phi) is 3.89. The maximum absolute atomic E-state index is 14.9. The van der Waals surface area contributed by atoms with Crippen molar-refractivity contribution in [2.75, 3.05) is 31.1 Å². The summed E-state index contributed by atoms with van der Waals surface area (Å²) < 4.78 is 16.6. The quantitative estimate of drug-likeness (QED) is 0.864. The van der Waals surface area contributed by atoms with E-state index in [1.54, 1.807) is 9.47 Å². The van der Waals surface area contributed by atoms with E-state index in [1.807, 2.05) is 0 Å². The molecule has 1 aromatic carbocycles.